The molecule has 0 bridgehead atoms. The molecular formula is CH6BOPS. The number of hydrogen-bond donors (Lipinski definition) is 0. The lowest BCUT2D eigenvalue weighted by Gasteiger charge is -1.75. The van der Waals surface area contributed by atoms with Gasteiger partial charge < -0.3 is 4.57 Å². The van der Waals surface area contributed by atoms with Gasteiger partial charge in [-0.3, -0.25) is 0 Å². The van der Waals surface area contributed by atoms with Crippen LogP contribution in [0.3, 0.4) is 0 Å². The van der Waals surface area contributed by atoms with Crippen molar-refractivity contribution < 1.29 is 4.57 Å². The fourth-order valence-electron chi connectivity index (χ4n) is 0. The molecule has 5 heavy (non-hydrogen) atoms. The molecule has 0 rings (SSSR count). The van der Waals surface area contributed by atoms with Crippen LogP contribution in [0, 0.1) is 0 Å². The highest BCUT2D eigenvalue weighted by Crippen LogP contribution is 2.28. The van der Waals surface area contributed by atoms with Crippen molar-refractivity contribution in [3.8, 4) is 0 Å². The molecule has 0 aliphatic rings. The van der Waals surface area contributed by atoms with E-state index in [0.29, 0.717) is 0 Å². The highest BCUT2D eigenvalue weighted by Gasteiger charge is 1.74. The van der Waals surface area contributed by atoms with Gasteiger partial charge in [-0.15, -0.1) is 0 Å². The Morgan fingerprint density at radius 3 is 2.20 bits per heavy atom. The molecular weight excluding hydrogens is 102 g/mol. The van der Waals surface area contributed by atoms with Gasteiger partial charge in [-0.1, -0.05) is 0 Å². The van der Waals surface area contributed by atoms with Crippen LogP contribution in [0.1, 0.15) is 0 Å². The van der Waals surface area contributed by atoms with Gasteiger partial charge in [0, 0.05) is 0 Å². The molecule has 1 nitrogen and oxygen atoms in total. The normalized spacial score (nSPS) is 14.6. The van der Waals surface area contributed by atoms with Gasteiger partial charge in [0.15, 0.2) is 7.12 Å². The number of rotatable bonds is 1. The van der Waals surface area contributed by atoms with Crippen molar-refractivity contribution in [3.05, 3.63) is 0 Å². The molecule has 0 fully saturated rings. The van der Waals surface area contributed by atoms with E-state index < -0.39 is 7.00 Å². The lowest BCUT2D eigenvalue weighted by molar-refractivity contribution is 0.599. The Morgan fingerprint density at radius 1 is 2.00 bits per heavy atom. The van der Waals surface area contributed by atoms with Gasteiger partial charge >= 0.3 is 0 Å². The molecule has 0 spiro atoms. The van der Waals surface area contributed by atoms with Crippen molar-refractivity contribution in [3.63, 3.8) is 0 Å². The highest BCUT2D eigenvalue weighted by atomic mass is 32.7. The topological polar surface area (TPSA) is 17.1 Å². The van der Waals surface area contributed by atoms with Gasteiger partial charge in [-0.2, -0.15) is 11.2 Å². The molecule has 0 radical (unpaired) electrons. The van der Waals surface area contributed by atoms with Crippen molar-refractivity contribution in [2.75, 3.05) is 6.66 Å². The largest absolute Gasteiger partial charge is 0.317 e. The second kappa shape index (κ2) is 2.86. The predicted molar refractivity (Wildman–Crippen MR) is 31.1 cm³/mol. The summed E-state index contributed by atoms with van der Waals surface area (Å²) < 4.78 is 9.96. The summed E-state index contributed by atoms with van der Waals surface area (Å²) in [7, 11) is 0.641. The molecule has 0 amide bonds. The fourth-order valence-corrected chi connectivity index (χ4v) is 0. The fraction of sp³-hybridized carbons (Fsp3) is 1.00. The van der Waals surface area contributed by atoms with Crippen molar-refractivity contribution >= 4 is 25.4 Å². The highest BCUT2D eigenvalue weighted by molar-refractivity contribution is 8.62. The summed E-state index contributed by atoms with van der Waals surface area (Å²) >= 11 is 1.43. The molecule has 0 aromatic rings. The first-order valence-electron chi connectivity index (χ1n) is 1.32. The summed E-state index contributed by atoms with van der Waals surface area (Å²) in [6.07, 6.45) is 0. The average Bonchev–Trinajstić information content (AvgIpc) is 1.38. The summed E-state index contributed by atoms with van der Waals surface area (Å²) in [6.45, 7) is 1.73. The van der Waals surface area contributed by atoms with E-state index in [1.807, 2.05) is 7.12 Å². The van der Waals surface area contributed by atoms with E-state index in [0.717, 1.165) is 0 Å². The molecule has 0 saturated carbocycles. The van der Waals surface area contributed by atoms with Gasteiger partial charge in [-0.25, -0.2) is 0 Å². The van der Waals surface area contributed by atoms with E-state index in [9.17, 15) is 4.57 Å². The van der Waals surface area contributed by atoms with Crippen LogP contribution >= 0.6 is 18.2 Å². The van der Waals surface area contributed by atoms with Crippen LogP contribution in [0.25, 0.3) is 0 Å². The van der Waals surface area contributed by atoms with E-state index in [1.165, 1.54) is 11.2 Å². The minimum atomic E-state index is -1.21. The van der Waals surface area contributed by atoms with E-state index >= 15 is 0 Å². The SMILES string of the molecule is BS[PH](C)=O. The van der Waals surface area contributed by atoms with Gasteiger partial charge in [0.05, 0.1) is 0 Å². The Kier molecular flexibility index (Phi) is 3.23. The first-order chi connectivity index (χ1) is 2.27. The van der Waals surface area contributed by atoms with Crippen LogP contribution in [0.5, 0.6) is 0 Å². The van der Waals surface area contributed by atoms with Gasteiger partial charge in [0.25, 0.3) is 0 Å². The van der Waals surface area contributed by atoms with E-state index in [4.69, 9.17) is 0 Å². The minimum absolute atomic E-state index is 1.21. The quantitative estimate of drug-likeness (QED) is 0.356. The Hall–Kier alpha value is 0.645. The molecule has 30 valence electrons. The second-order valence-corrected chi connectivity index (χ2v) is 5.04. The van der Waals surface area contributed by atoms with Crippen LogP contribution in [0.4, 0.5) is 0 Å². The maximum Gasteiger partial charge on any atom is 0.182 e. The summed E-state index contributed by atoms with van der Waals surface area (Å²) in [6, 6.07) is 0. The Labute approximate surface area is 37.4 Å². The zero-order chi connectivity index (χ0) is 4.28. The van der Waals surface area contributed by atoms with Crippen molar-refractivity contribution in [2.45, 2.75) is 0 Å². The van der Waals surface area contributed by atoms with E-state index in [2.05, 4.69) is 0 Å². The van der Waals surface area contributed by atoms with Gasteiger partial charge in [0.2, 0.25) is 0 Å². The summed E-state index contributed by atoms with van der Waals surface area (Å²) in [5.41, 5.74) is 0. The van der Waals surface area contributed by atoms with Crippen LogP contribution in [0.15, 0.2) is 0 Å². The smallest absolute Gasteiger partial charge is 0.182 e. The van der Waals surface area contributed by atoms with Crippen molar-refractivity contribution in [1.82, 2.24) is 0 Å². The molecule has 0 aliphatic carbocycles. The third-order valence-electron chi connectivity index (χ3n) is 0.287. The van der Waals surface area contributed by atoms with Crippen LogP contribution in [0.2, 0.25) is 0 Å². The zero-order valence-electron chi connectivity index (χ0n) is 3.32. The predicted octanol–water partition coefficient (Wildman–Crippen LogP) is 0.372. The Balaban J connectivity index is 2.85. The summed E-state index contributed by atoms with van der Waals surface area (Å²) in [4.78, 5) is 0. The molecule has 4 heteroatoms. The zero-order valence-corrected chi connectivity index (χ0v) is 5.13. The molecule has 0 saturated heterocycles. The van der Waals surface area contributed by atoms with E-state index in [1.54, 1.807) is 6.66 Å². The van der Waals surface area contributed by atoms with Gasteiger partial charge in [-0.05, 0) is 6.66 Å². The van der Waals surface area contributed by atoms with E-state index in [-0.39, 0.29) is 0 Å². The van der Waals surface area contributed by atoms with Gasteiger partial charge in [0.1, 0.15) is 7.00 Å². The van der Waals surface area contributed by atoms with Crippen LogP contribution < -0.4 is 0 Å². The molecule has 0 aromatic heterocycles. The summed E-state index contributed by atoms with van der Waals surface area (Å²) in [5.74, 6) is 0. The first kappa shape index (κ1) is 5.64. The summed E-state index contributed by atoms with van der Waals surface area (Å²) in [5, 5.41) is 0. The maximum atomic E-state index is 9.96. The molecule has 0 aliphatic heterocycles. The molecule has 1 atom stereocenters. The minimum Gasteiger partial charge on any atom is -0.317 e. The van der Waals surface area contributed by atoms with Crippen LogP contribution in [-0.4, -0.2) is 13.8 Å². The monoisotopic (exact) mass is 108 g/mol. The van der Waals surface area contributed by atoms with Crippen molar-refractivity contribution in [2.24, 2.45) is 0 Å². The molecule has 0 N–H and O–H groups in total. The molecule has 1 unspecified atom stereocenters. The Bertz CT molecular complexity index is 46.9. The molecule has 0 aromatic carbocycles. The Morgan fingerprint density at radius 2 is 2.20 bits per heavy atom. The lowest BCUT2D eigenvalue weighted by atomic mass is 10.8. The average molecular weight is 108 g/mol. The number of hydrogen-bond acceptors (Lipinski definition) is 2. The van der Waals surface area contributed by atoms with Crippen LogP contribution in [-0.2, 0) is 4.57 Å². The molecule has 0 heterocycles. The lowest BCUT2D eigenvalue weighted by Crippen LogP contribution is -1.37. The van der Waals surface area contributed by atoms with Crippen molar-refractivity contribution in [1.29, 1.82) is 0 Å². The third-order valence-corrected chi connectivity index (χ3v) is 2.59. The second-order valence-electron chi connectivity index (χ2n) is 0.696. The maximum absolute atomic E-state index is 9.96. The first-order valence-corrected chi connectivity index (χ1v) is 5.17. The third kappa shape index (κ3) is 4.64. The standard InChI is InChI=1S/CH6BOPS/c1-4(3)5-2/h4H,2H2,1H3.